The Morgan fingerprint density at radius 3 is 2.69 bits per heavy atom. The topological polar surface area (TPSA) is 98.2 Å². The number of fused-ring (bicyclic) bond motifs is 1. The van der Waals surface area contributed by atoms with Gasteiger partial charge in [0.2, 0.25) is 0 Å². The molecule has 4 aromatic rings. The number of hydrogen-bond acceptors (Lipinski definition) is 7. The molecule has 35 heavy (non-hydrogen) atoms. The van der Waals surface area contributed by atoms with E-state index in [0.717, 1.165) is 41.9 Å². The monoisotopic (exact) mass is 476 g/mol. The van der Waals surface area contributed by atoms with Gasteiger partial charge < -0.3 is 14.5 Å². The van der Waals surface area contributed by atoms with E-state index in [1.54, 1.807) is 18.9 Å². The first-order chi connectivity index (χ1) is 17.1. The van der Waals surface area contributed by atoms with E-state index >= 15 is 0 Å². The molecule has 0 unspecified atom stereocenters. The zero-order valence-electron chi connectivity index (χ0n) is 20.5. The van der Waals surface area contributed by atoms with Crippen LogP contribution in [0.25, 0.3) is 10.9 Å². The fourth-order valence-electron chi connectivity index (χ4n) is 4.35. The van der Waals surface area contributed by atoms with Crippen molar-refractivity contribution in [2.75, 3.05) is 27.4 Å². The molecule has 9 nitrogen and oxygen atoms in total. The first kappa shape index (κ1) is 24.6. The van der Waals surface area contributed by atoms with Crippen LogP contribution in [0.5, 0.6) is 5.75 Å². The van der Waals surface area contributed by atoms with Crippen molar-refractivity contribution >= 4 is 10.9 Å². The highest BCUT2D eigenvalue weighted by molar-refractivity contribution is 5.80. The van der Waals surface area contributed by atoms with E-state index in [-0.39, 0.29) is 11.6 Å². The summed E-state index contributed by atoms with van der Waals surface area (Å²) in [5.74, 6) is 1.52. The van der Waals surface area contributed by atoms with E-state index in [9.17, 15) is 4.79 Å². The number of nitrogens with one attached hydrogen (secondary N) is 1. The number of hydrogen-bond donors (Lipinski definition) is 1. The summed E-state index contributed by atoms with van der Waals surface area (Å²) >= 11 is 0. The highest BCUT2D eigenvalue weighted by Crippen LogP contribution is 2.25. The highest BCUT2D eigenvalue weighted by Gasteiger charge is 2.25. The first-order valence-electron chi connectivity index (χ1n) is 11.9. The first-order valence-corrected chi connectivity index (χ1v) is 11.9. The van der Waals surface area contributed by atoms with Crippen LogP contribution in [-0.4, -0.2) is 57.5 Å². The van der Waals surface area contributed by atoms with Crippen LogP contribution in [0.2, 0.25) is 0 Å². The van der Waals surface area contributed by atoms with E-state index in [4.69, 9.17) is 9.47 Å². The van der Waals surface area contributed by atoms with Gasteiger partial charge in [-0.1, -0.05) is 37.3 Å². The van der Waals surface area contributed by atoms with Crippen molar-refractivity contribution in [1.82, 2.24) is 30.1 Å². The van der Waals surface area contributed by atoms with Crippen molar-refractivity contribution < 1.29 is 9.47 Å². The molecule has 0 amide bonds. The lowest BCUT2D eigenvalue weighted by Gasteiger charge is -2.30. The molecule has 1 N–H and O–H groups in total. The predicted octanol–water partition coefficient (Wildman–Crippen LogP) is 3.37. The molecule has 0 aliphatic carbocycles. The summed E-state index contributed by atoms with van der Waals surface area (Å²) in [6.45, 7) is 4.41. The Balaban J connectivity index is 1.68. The largest absolute Gasteiger partial charge is 0.497 e. The average molecular weight is 477 g/mol. The summed E-state index contributed by atoms with van der Waals surface area (Å²) in [7, 11) is 3.30. The summed E-state index contributed by atoms with van der Waals surface area (Å²) in [4.78, 5) is 18.3. The number of benzene rings is 2. The van der Waals surface area contributed by atoms with Crippen molar-refractivity contribution in [3.8, 4) is 5.75 Å². The zero-order chi connectivity index (χ0) is 24.6. The maximum absolute atomic E-state index is 13.0. The molecule has 2 aromatic heterocycles. The van der Waals surface area contributed by atoms with E-state index < -0.39 is 0 Å². The van der Waals surface area contributed by atoms with Crippen LogP contribution >= 0.6 is 0 Å². The van der Waals surface area contributed by atoms with Gasteiger partial charge in [0.1, 0.15) is 5.75 Å². The minimum Gasteiger partial charge on any atom is -0.497 e. The summed E-state index contributed by atoms with van der Waals surface area (Å²) in [6.07, 6.45) is 1.64. The lowest BCUT2D eigenvalue weighted by atomic mass is 10.1. The highest BCUT2D eigenvalue weighted by atomic mass is 16.5. The minimum atomic E-state index is -0.0961. The maximum atomic E-state index is 13.0. The molecule has 0 saturated carbocycles. The standard InChI is InChI=1S/C26H32N6O3/c1-4-24(25-28-29-30-32(25)14-15-34-2)31(13-12-19-8-6-5-7-9-19)18-21-16-20-17-22(35-3)10-11-23(20)27-26(21)33/h5-11,16-17,24H,4,12-15,18H2,1-3H3,(H,27,33)/t24-/m0/s1. The fourth-order valence-corrected chi connectivity index (χ4v) is 4.35. The number of aromatic nitrogens is 5. The third-order valence-electron chi connectivity index (χ3n) is 6.22. The predicted molar refractivity (Wildman–Crippen MR) is 134 cm³/mol. The van der Waals surface area contributed by atoms with Crippen LogP contribution in [0, 0.1) is 0 Å². The molecule has 0 aliphatic rings. The van der Waals surface area contributed by atoms with Gasteiger partial charge in [0, 0.05) is 36.7 Å². The van der Waals surface area contributed by atoms with E-state index in [1.807, 2.05) is 42.5 Å². The van der Waals surface area contributed by atoms with Crippen LogP contribution in [0.15, 0.2) is 59.4 Å². The number of aromatic amines is 1. The van der Waals surface area contributed by atoms with E-state index in [1.165, 1.54) is 5.56 Å². The van der Waals surface area contributed by atoms with Gasteiger partial charge in [-0.3, -0.25) is 9.69 Å². The molecule has 0 aliphatic heterocycles. The Bertz CT molecular complexity index is 1290. The lowest BCUT2D eigenvalue weighted by Crippen LogP contribution is -2.34. The average Bonchev–Trinajstić information content (AvgIpc) is 3.35. The number of H-pyrrole nitrogens is 1. The van der Waals surface area contributed by atoms with Crippen LogP contribution in [0.4, 0.5) is 0 Å². The molecular formula is C26H32N6O3. The minimum absolute atomic E-state index is 0.0639. The Morgan fingerprint density at radius 1 is 1.11 bits per heavy atom. The molecule has 0 fully saturated rings. The molecule has 4 rings (SSSR count). The van der Waals surface area contributed by atoms with Crippen LogP contribution < -0.4 is 10.3 Å². The van der Waals surface area contributed by atoms with Gasteiger partial charge in [-0.05, 0) is 53.1 Å². The second-order valence-electron chi connectivity index (χ2n) is 8.46. The van der Waals surface area contributed by atoms with Crippen molar-refractivity contribution in [3.63, 3.8) is 0 Å². The molecule has 2 aromatic carbocycles. The van der Waals surface area contributed by atoms with Crippen molar-refractivity contribution in [2.45, 2.75) is 38.9 Å². The molecule has 0 radical (unpaired) electrons. The number of nitrogens with zero attached hydrogens (tertiary/aromatic N) is 5. The molecule has 1 atom stereocenters. The summed E-state index contributed by atoms with van der Waals surface area (Å²) in [6, 6.07) is 17.9. The van der Waals surface area contributed by atoms with Gasteiger partial charge in [0.25, 0.3) is 5.56 Å². The molecule has 0 saturated heterocycles. The van der Waals surface area contributed by atoms with Crippen molar-refractivity contribution in [3.05, 3.63) is 81.9 Å². The van der Waals surface area contributed by atoms with Gasteiger partial charge in [0.15, 0.2) is 5.82 Å². The van der Waals surface area contributed by atoms with E-state index in [2.05, 4.69) is 44.5 Å². The number of rotatable bonds is 12. The fraction of sp³-hybridized carbons (Fsp3) is 0.385. The zero-order valence-corrected chi connectivity index (χ0v) is 20.5. The lowest BCUT2D eigenvalue weighted by molar-refractivity contribution is 0.158. The second-order valence-corrected chi connectivity index (χ2v) is 8.46. The molecule has 184 valence electrons. The van der Waals surface area contributed by atoms with Crippen LogP contribution in [0.3, 0.4) is 0 Å². The van der Waals surface area contributed by atoms with Gasteiger partial charge in [-0.15, -0.1) is 5.10 Å². The summed E-state index contributed by atoms with van der Waals surface area (Å²) in [5.41, 5.74) is 2.61. The Labute approximate surface area is 204 Å². The Morgan fingerprint density at radius 2 is 1.94 bits per heavy atom. The van der Waals surface area contributed by atoms with Gasteiger partial charge in [-0.2, -0.15) is 0 Å². The summed E-state index contributed by atoms with van der Waals surface area (Å²) in [5, 5.41) is 13.4. The quantitative estimate of drug-likeness (QED) is 0.335. The van der Waals surface area contributed by atoms with Gasteiger partial charge in [-0.25, -0.2) is 4.68 Å². The molecular weight excluding hydrogens is 444 g/mol. The smallest absolute Gasteiger partial charge is 0.252 e. The van der Waals surface area contributed by atoms with E-state index in [0.29, 0.717) is 25.3 Å². The summed E-state index contributed by atoms with van der Waals surface area (Å²) < 4.78 is 12.4. The Hall–Kier alpha value is -3.56. The molecule has 0 spiro atoms. The van der Waals surface area contributed by atoms with Crippen molar-refractivity contribution in [1.29, 1.82) is 0 Å². The van der Waals surface area contributed by atoms with Crippen LogP contribution in [0.1, 0.15) is 36.3 Å². The molecule has 2 heterocycles. The van der Waals surface area contributed by atoms with Gasteiger partial charge in [0.05, 0.1) is 26.3 Å². The Kier molecular flexibility index (Phi) is 8.23. The third-order valence-corrected chi connectivity index (χ3v) is 6.22. The third kappa shape index (κ3) is 5.93. The number of pyridine rings is 1. The van der Waals surface area contributed by atoms with Gasteiger partial charge >= 0.3 is 0 Å². The number of tetrazole rings is 1. The molecule has 0 bridgehead atoms. The van der Waals surface area contributed by atoms with Crippen LogP contribution in [-0.2, 0) is 24.2 Å². The maximum Gasteiger partial charge on any atom is 0.252 e. The normalized spacial score (nSPS) is 12.3. The SMILES string of the molecule is CC[C@@H](c1nnnn1CCOC)N(CCc1ccccc1)Cc1cc2cc(OC)ccc2[nH]c1=O. The number of methoxy groups -OCH3 is 2. The van der Waals surface area contributed by atoms with Crippen molar-refractivity contribution in [2.24, 2.45) is 0 Å². The number of ether oxygens (including phenoxy) is 2. The second kappa shape index (κ2) is 11.7. The molecule has 9 heteroatoms.